The molecule has 0 saturated carbocycles. The summed E-state index contributed by atoms with van der Waals surface area (Å²) in [6.07, 6.45) is -4.36. The molecule has 1 aromatic carbocycles. The Morgan fingerprint density at radius 2 is 1.66 bits per heavy atom. The van der Waals surface area contributed by atoms with Gasteiger partial charge >= 0.3 is 6.18 Å². The fourth-order valence-electron chi connectivity index (χ4n) is 3.33. The molecule has 158 valence electrons. The molecule has 0 aliphatic carbocycles. The summed E-state index contributed by atoms with van der Waals surface area (Å²) in [6.45, 7) is 5.61. The Balaban J connectivity index is 2.02. The molecule has 8 heteroatoms. The van der Waals surface area contributed by atoms with Gasteiger partial charge in [-0.25, -0.2) is 0 Å². The largest absolute Gasteiger partial charge is 0.406 e. The first-order valence-electron chi connectivity index (χ1n) is 9.20. The lowest BCUT2D eigenvalue weighted by atomic mass is 10.1. The van der Waals surface area contributed by atoms with Crippen LogP contribution >= 0.6 is 0 Å². The van der Waals surface area contributed by atoms with Crippen molar-refractivity contribution in [2.45, 2.75) is 40.4 Å². The third kappa shape index (κ3) is 5.93. The van der Waals surface area contributed by atoms with Crippen molar-refractivity contribution < 1.29 is 22.8 Å². The molecule has 5 nitrogen and oxygen atoms in total. The van der Waals surface area contributed by atoms with Crippen LogP contribution in [-0.4, -0.2) is 47.5 Å². The molecule has 0 aliphatic rings. The van der Waals surface area contributed by atoms with Crippen LogP contribution < -0.4 is 5.32 Å². The standard InChI is InChI=1S/C21H26F3N3O2/c1-13-7-6-8-14(2)20(13)25-19(29)11-26(5)10-18(28)17-9-15(3)27(16(17)4)12-21(22,23)24/h6-9H,10-12H2,1-5H3,(H,25,29). The lowest BCUT2D eigenvalue weighted by Crippen LogP contribution is -2.34. The molecule has 0 atom stereocenters. The monoisotopic (exact) mass is 409 g/mol. The number of benzene rings is 1. The first kappa shape index (κ1) is 22.7. The topological polar surface area (TPSA) is 54.3 Å². The van der Waals surface area contributed by atoms with Gasteiger partial charge in [-0.1, -0.05) is 18.2 Å². The van der Waals surface area contributed by atoms with Crippen LogP contribution in [0.5, 0.6) is 0 Å². The van der Waals surface area contributed by atoms with Crippen LogP contribution in [0.2, 0.25) is 0 Å². The Hall–Kier alpha value is -2.61. The number of carbonyl (C=O) groups is 2. The number of rotatable bonds is 7. The summed E-state index contributed by atoms with van der Waals surface area (Å²) in [5.41, 5.74) is 3.52. The van der Waals surface area contributed by atoms with Gasteiger partial charge in [0.1, 0.15) is 6.54 Å². The van der Waals surface area contributed by atoms with E-state index >= 15 is 0 Å². The molecular weight excluding hydrogens is 383 g/mol. The zero-order chi connectivity index (χ0) is 21.9. The Kier molecular flexibility index (Phi) is 6.89. The van der Waals surface area contributed by atoms with E-state index in [0.29, 0.717) is 5.69 Å². The van der Waals surface area contributed by atoms with Crippen LogP contribution in [-0.2, 0) is 11.3 Å². The summed E-state index contributed by atoms with van der Waals surface area (Å²) in [5.74, 6) is -0.589. The lowest BCUT2D eigenvalue weighted by molar-refractivity contribution is -0.141. The van der Waals surface area contributed by atoms with E-state index in [-0.39, 0.29) is 36.0 Å². The molecule has 2 aromatic rings. The zero-order valence-corrected chi connectivity index (χ0v) is 17.3. The van der Waals surface area contributed by atoms with Gasteiger partial charge in [-0.05, 0) is 51.9 Å². The third-order valence-electron chi connectivity index (χ3n) is 4.78. The number of anilines is 1. The first-order valence-corrected chi connectivity index (χ1v) is 9.20. The van der Waals surface area contributed by atoms with E-state index in [1.807, 2.05) is 32.0 Å². The summed E-state index contributed by atoms with van der Waals surface area (Å²) in [4.78, 5) is 26.5. The Morgan fingerprint density at radius 1 is 1.07 bits per heavy atom. The van der Waals surface area contributed by atoms with Crippen LogP contribution in [0.4, 0.5) is 18.9 Å². The Morgan fingerprint density at radius 3 is 2.21 bits per heavy atom. The number of para-hydroxylation sites is 1. The van der Waals surface area contributed by atoms with Crippen LogP contribution in [0.15, 0.2) is 24.3 Å². The van der Waals surface area contributed by atoms with Crippen molar-refractivity contribution in [3.8, 4) is 0 Å². The number of nitrogens with one attached hydrogen (secondary N) is 1. The summed E-state index contributed by atoms with van der Waals surface area (Å²) in [7, 11) is 1.62. The predicted octanol–water partition coefficient (Wildman–Crippen LogP) is 4.04. The Labute approximate surface area is 168 Å². The SMILES string of the molecule is Cc1cccc(C)c1NC(=O)CN(C)CC(=O)c1cc(C)n(CC(F)(F)F)c1C. The maximum Gasteiger partial charge on any atom is 0.406 e. The van der Waals surface area contributed by atoms with E-state index in [1.165, 1.54) is 19.9 Å². The lowest BCUT2D eigenvalue weighted by Gasteiger charge is -2.17. The fourth-order valence-corrected chi connectivity index (χ4v) is 3.33. The average molecular weight is 409 g/mol. The van der Waals surface area contributed by atoms with Gasteiger partial charge < -0.3 is 9.88 Å². The van der Waals surface area contributed by atoms with Crippen molar-refractivity contribution >= 4 is 17.4 Å². The van der Waals surface area contributed by atoms with E-state index in [9.17, 15) is 22.8 Å². The third-order valence-corrected chi connectivity index (χ3v) is 4.78. The normalized spacial score (nSPS) is 11.8. The predicted molar refractivity (Wildman–Crippen MR) is 106 cm³/mol. The molecule has 2 rings (SSSR count). The van der Waals surface area contributed by atoms with E-state index in [1.54, 1.807) is 11.9 Å². The van der Waals surface area contributed by atoms with Crippen LogP contribution in [0.3, 0.4) is 0 Å². The first-order chi connectivity index (χ1) is 13.4. The number of likely N-dealkylation sites (N-methyl/N-ethyl adjacent to an activating group) is 1. The zero-order valence-electron chi connectivity index (χ0n) is 17.3. The minimum absolute atomic E-state index is 0.0131. The average Bonchev–Trinajstić information content (AvgIpc) is 2.85. The minimum Gasteiger partial charge on any atom is -0.339 e. The van der Waals surface area contributed by atoms with Gasteiger partial charge in [-0.2, -0.15) is 13.2 Å². The van der Waals surface area contributed by atoms with Crippen LogP contribution in [0, 0.1) is 27.7 Å². The van der Waals surface area contributed by atoms with Crippen LogP contribution in [0.1, 0.15) is 32.9 Å². The number of nitrogens with zero attached hydrogens (tertiary/aromatic N) is 2. The second-order valence-electron chi connectivity index (χ2n) is 7.40. The van der Waals surface area contributed by atoms with Crippen molar-refractivity contribution in [2.75, 3.05) is 25.5 Å². The van der Waals surface area contributed by atoms with E-state index in [4.69, 9.17) is 0 Å². The fraction of sp³-hybridized carbons (Fsp3) is 0.429. The molecular formula is C21H26F3N3O2. The molecule has 1 heterocycles. The molecule has 1 aromatic heterocycles. The van der Waals surface area contributed by atoms with Crippen molar-refractivity contribution in [3.63, 3.8) is 0 Å². The van der Waals surface area contributed by atoms with Gasteiger partial charge in [0, 0.05) is 22.6 Å². The number of halogens is 3. The number of aromatic nitrogens is 1. The van der Waals surface area contributed by atoms with Gasteiger partial charge in [-0.3, -0.25) is 14.5 Å². The second-order valence-corrected chi connectivity index (χ2v) is 7.40. The summed E-state index contributed by atoms with van der Waals surface area (Å²) < 4.78 is 39.3. The van der Waals surface area contributed by atoms with Gasteiger partial charge in [0.2, 0.25) is 5.91 Å². The molecule has 0 saturated heterocycles. The maximum absolute atomic E-state index is 12.7. The Bertz CT molecular complexity index is 896. The maximum atomic E-state index is 12.7. The smallest absolute Gasteiger partial charge is 0.339 e. The quantitative estimate of drug-likeness (QED) is 0.703. The van der Waals surface area contributed by atoms with Crippen molar-refractivity contribution in [3.05, 3.63) is 52.3 Å². The van der Waals surface area contributed by atoms with Crippen molar-refractivity contribution in [2.24, 2.45) is 0 Å². The molecule has 0 aliphatic heterocycles. The number of hydrogen-bond donors (Lipinski definition) is 1. The highest BCUT2D eigenvalue weighted by Crippen LogP contribution is 2.23. The molecule has 0 spiro atoms. The van der Waals surface area contributed by atoms with Gasteiger partial charge in [-0.15, -0.1) is 0 Å². The van der Waals surface area contributed by atoms with E-state index < -0.39 is 12.7 Å². The van der Waals surface area contributed by atoms with E-state index in [0.717, 1.165) is 21.4 Å². The highest BCUT2D eigenvalue weighted by molar-refractivity contribution is 5.99. The van der Waals surface area contributed by atoms with Gasteiger partial charge in [0.15, 0.2) is 5.78 Å². The molecule has 1 amide bonds. The molecule has 0 bridgehead atoms. The molecule has 0 radical (unpaired) electrons. The number of Topliss-reactive ketones (excluding diaryl/α,β-unsaturated/α-hetero) is 1. The summed E-state index contributed by atoms with van der Waals surface area (Å²) in [6, 6.07) is 7.16. The summed E-state index contributed by atoms with van der Waals surface area (Å²) >= 11 is 0. The highest BCUT2D eigenvalue weighted by atomic mass is 19.4. The van der Waals surface area contributed by atoms with Crippen LogP contribution in [0.25, 0.3) is 0 Å². The molecule has 29 heavy (non-hydrogen) atoms. The van der Waals surface area contributed by atoms with Crippen molar-refractivity contribution in [1.29, 1.82) is 0 Å². The minimum atomic E-state index is -4.36. The number of aryl methyl sites for hydroxylation is 3. The number of ketones is 1. The van der Waals surface area contributed by atoms with E-state index in [2.05, 4.69) is 5.32 Å². The van der Waals surface area contributed by atoms with Gasteiger partial charge in [0.25, 0.3) is 0 Å². The molecule has 0 fully saturated rings. The number of amides is 1. The summed E-state index contributed by atoms with van der Waals surface area (Å²) in [5, 5.41) is 2.85. The molecule has 0 unspecified atom stereocenters. The number of alkyl halides is 3. The number of hydrogen-bond acceptors (Lipinski definition) is 3. The molecule has 1 N–H and O–H groups in total. The van der Waals surface area contributed by atoms with Gasteiger partial charge in [0.05, 0.1) is 13.1 Å². The second kappa shape index (κ2) is 8.82. The number of carbonyl (C=O) groups excluding carboxylic acids is 2. The van der Waals surface area contributed by atoms with Crippen molar-refractivity contribution in [1.82, 2.24) is 9.47 Å². The highest BCUT2D eigenvalue weighted by Gasteiger charge is 2.30.